The van der Waals surface area contributed by atoms with E-state index in [1.54, 1.807) is 13.8 Å². The summed E-state index contributed by atoms with van der Waals surface area (Å²) in [6.07, 6.45) is 0. The molecule has 0 amide bonds. The molecule has 0 fully saturated rings. The largest absolute Gasteiger partial charge is 0.444 e. The van der Waals surface area contributed by atoms with E-state index in [1.807, 2.05) is 0 Å². The number of hydrogen-bond acceptors (Lipinski definition) is 5. The van der Waals surface area contributed by atoms with E-state index in [9.17, 15) is 4.79 Å². The Hall–Kier alpha value is -0.260. The third-order valence-electron chi connectivity index (χ3n) is 0.863. The van der Waals surface area contributed by atoms with Crippen LogP contribution in [-0.2, 0) is 9.53 Å². The van der Waals surface area contributed by atoms with Crippen molar-refractivity contribution in [2.75, 3.05) is 5.75 Å². The molecule has 0 unspecified atom stereocenters. The molecule has 0 aliphatic heterocycles. The second-order valence-electron chi connectivity index (χ2n) is 2.81. The minimum atomic E-state index is -0.961. The average Bonchev–Trinajstić information content (AvgIpc) is 1.82. The number of nitrogens with two attached hydrogens (primary N) is 2. The van der Waals surface area contributed by atoms with Gasteiger partial charge in [0, 0.05) is 5.75 Å². The van der Waals surface area contributed by atoms with Gasteiger partial charge >= 0.3 is 5.97 Å². The molecule has 1 atom stereocenters. The van der Waals surface area contributed by atoms with Crippen molar-refractivity contribution in [1.29, 1.82) is 0 Å². The molecule has 4 N–H and O–H groups in total. The zero-order valence-electron chi connectivity index (χ0n) is 6.70. The summed E-state index contributed by atoms with van der Waals surface area (Å²) in [7, 11) is 0. The lowest BCUT2D eigenvalue weighted by atomic mass is 10.3. The van der Waals surface area contributed by atoms with Gasteiger partial charge in [0.25, 0.3) is 0 Å². The molecule has 11 heavy (non-hydrogen) atoms. The van der Waals surface area contributed by atoms with Gasteiger partial charge in [-0.25, -0.2) is 0 Å². The molecule has 0 aromatic carbocycles. The highest BCUT2D eigenvalue weighted by molar-refractivity contribution is 7.80. The molecule has 0 aromatic heterocycles. The normalized spacial score (nSPS) is 14.3. The maximum Gasteiger partial charge on any atom is 0.325 e. The van der Waals surface area contributed by atoms with Crippen molar-refractivity contribution in [3.63, 3.8) is 0 Å². The van der Waals surface area contributed by atoms with Crippen LogP contribution in [0.5, 0.6) is 0 Å². The Morgan fingerprint density at radius 1 is 1.73 bits per heavy atom. The molecule has 0 aliphatic rings. The quantitative estimate of drug-likeness (QED) is 0.309. The Bertz CT molecular complexity index is 144. The van der Waals surface area contributed by atoms with Gasteiger partial charge in [0.05, 0.1) is 0 Å². The van der Waals surface area contributed by atoms with Gasteiger partial charge in [-0.05, 0) is 13.8 Å². The second kappa shape index (κ2) is 3.94. The first-order valence-electron chi connectivity index (χ1n) is 3.25. The molecule has 0 saturated heterocycles. The van der Waals surface area contributed by atoms with Crippen LogP contribution in [0.15, 0.2) is 0 Å². The summed E-state index contributed by atoms with van der Waals surface area (Å²) >= 11 is 3.84. The Labute approximate surface area is 71.7 Å². The first-order chi connectivity index (χ1) is 4.87. The molecule has 0 spiro atoms. The van der Waals surface area contributed by atoms with Gasteiger partial charge in [-0.3, -0.25) is 10.5 Å². The van der Waals surface area contributed by atoms with Crippen LogP contribution >= 0.6 is 12.6 Å². The van der Waals surface area contributed by atoms with Crippen LogP contribution in [0.25, 0.3) is 0 Å². The number of hydrogen-bond donors (Lipinski definition) is 3. The molecule has 0 rings (SSSR count). The summed E-state index contributed by atoms with van der Waals surface area (Å²) in [4.78, 5) is 10.9. The Morgan fingerprint density at radius 2 is 2.18 bits per heavy atom. The summed E-state index contributed by atoms with van der Waals surface area (Å²) in [5, 5.41) is 0. The summed E-state index contributed by atoms with van der Waals surface area (Å²) in [5.41, 5.74) is 9.76. The SMILES string of the molecule is CC(C)(N)OC(=O)[C@@H](N)CS. The number of thiol groups is 1. The zero-order chi connectivity index (χ0) is 9.07. The van der Waals surface area contributed by atoms with Crippen molar-refractivity contribution in [3.05, 3.63) is 0 Å². The summed E-state index contributed by atoms with van der Waals surface area (Å²) in [6, 6.07) is -0.693. The number of rotatable bonds is 3. The van der Waals surface area contributed by atoms with Crippen molar-refractivity contribution in [2.45, 2.75) is 25.6 Å². The molecular weight excluding hydrogens is 164 g/mol. The third kappa shape index (κ3) is 5.06. The molecule has 0 heterocycles. The van der Waals surface area contributed by atoms with E-state index in [1.165, 1.54) is 0 Å². The Balaban J connectivity index is 3.88. The van der Waals surface area contributed by atoms with Crippen LogP contribution in [0.1, 0.15) is 13.8 Å². The highest BCUT2D eigenvalue weighted by atomic mass is 32.1. The standard InChI is InChI=1S/C6H14N2O2S/c1-6(2,8)10-5(9)4(7)3-11/h4,11H,3,7-8H2,1-2H3/t4-/m0/s1. The highest BCUT2D eigenvalue weighted by Gasteiger charge is 2.20. The number of carbonyl (C=O) groups is 1. The first-order valence-corrected chi connectivity index (χ1v) is 3.88. The van der Waals surface area contributed by atoms with Crippen LogP contribution in [-0.4, -0.2) is 23.5 Å². The van der Waals surface area contributed by atoms with E-state index in [0.29, 0.717) is 0 Å². The topological polar surface area (TPSA) is 78.3 Å². The van der Waals surface area contributed by atoms with Gasteiger partial charge in [-0.2, -0.15) is 12.6 Å². The van der Waals surface area contributed by atoms with Crippen LogP contribution in [0, 0.1) is 0 Å². The smallest absolute Gasteiger partial charge is 0.325 e. The summed E-state index contributed by atoms with van der Waals surface area (Å²) < 4.78 is 4.76. The predicted octanol–water partition coefficient (Wildman–Crippen LogP) is -0.518. The first kappa shape index (κ1) is 10.7. The van der Waals surface area contributed by atoms with Crippen molar-refractivity contribution in [2.24, 2.45) is 11.5 Å². The molecule has 0 aliphatic carbocycles. The fraction of sp³-hybridized carbons (Fsp3) is 0.833. The molecule has 4 nitrogen and oxygen atoms in total. The van der Waals surface area contributed by atoms with Crippen molar-refractivity contribution in [3.8, 4) is 0 Å². The van der Waals surface area contributed by atoms with Gasteiger partial charge in [0.2, 0.25) is 0 Å². The monoisotopic (exact) mass is 178 g/mol. The lowest BCUT2D eigenvalue weighted by Gasteiger charge is -2.21. The molecule has 0 aromatic rings. The van der Waals surface area contributed by atoms with Crippen LogP contribution < -0.4 is 11.5 Å². The van der Waals surface area contributed by atoms with Crippen molar-refractivity contribution < 1.29 is 9.53 Å². The Kier molecular flexibility index (Phi) is 3.85. The van der Waals surface area contributed by atoms with E-state index in [2.05, 4.69) is 12.6 Å². The van der Waals surface area contributed by atoms with Gasteiger partial charge < -0.3 is 10.5 Å². The third-order valence-corrected chi connectivity index (χ3v) is 1.26. The molecular formula is C6H14N2O2S. The summed E-state index contributed by atoms with van der Waals surface area (Å²) in [6.45, 7) is 3.16. The molecule has 66 valence electrons. The molecule has 0 saturated carbocycles. The highest BCUT2D eigenvalue weighted by Crippen LogP contribution is 2.01. The zero-order valence-corrected chi connectivity index (χ0v) is 7.60. The number of esters is 1. The minimum absolute atomic E-state index is 0.259. The van der Waals surface area contributed by atoms with Gasteiger partial charge in [-0.1, -0.05) is 0 Å². The molecule has 5 heteroatoms. The number of carbonyl (C=O) groups excluding carboxylic acids is 1. The van der Waals surface area contributed by atoms with Crippen molar-refractivity contribution in [1.82, 2.24) is 0 Å². The lowest BCUT2D eigenvalue weighted by Crippen LogP contribution is -2.44. The van der Waals surface area contributed by atoms with E-state index < -0.39 is 17.7 Å². The Morgan fingerprint density at radius 3 is 2.45 bits per heavy atom. The minimum Gasteiger partial charge on any atom is -0.444 e. The van der Waals surface area contributed by atoms with Crippen LogP contribution in [0.3, 0.4) is 0 Å². The van der Waals surface area contributed by atoms with Gasteiger partial charge in [0.1, 0.15) is 6.04 Å². The fourth-order valence-electron chi connectivity index (χ4n) is 0.409. The molecule has 0 bridgehead atoms. The van der Waals surface area contributed by atoms with Crippen LogP contribution in [0.4, 0.5) is 0 Å². The van der Waals surface area contributed by atoms with E-state index in [0.717, 1.165) is 0 Å². The van der Waals surface area contributed by atoms with E-state index >= 15 is 0 Å². The molecule has 0 radical (unpaired) electrons. The second-order valence-corrected chi connectivity index (χ2v) is 3.18. The van der Waals surface area contributed by atoms with Crippen LogP contribution in [0.2, 0.25) is 0 Å². The van der Waals surface area contributed by atoms with E-state index in [-0.39, 0.29) is 5.75 Å². The lowest BCUT2D eigenvalue weighted by molar-refractivity contribution is -0.156. The maximum atomic E-state index is 10.9. The van der Waals surface area contributed by atoms with E-state index in [4.69, 9.17) is 16.2 Å². The summed E-state index contributed by atoms with van der Waals surface area (Å²) in [5.74, 6) is -0.262. The van der Waals surface area contributed by atoms with Gasteiger partial charge in [-0.15, -0.1) is 0 Å². The van der Waals surface area contributed by atoms with Gasteiger partial charge in [0.15, 0.2) is 5.72 Å². The van der Waals surface area contributed by atoms with Crippen molar-refractivity contribution >= 4 is 18.6 Å². The maximum absolute atomic E-state index is 10.9. The number of ether oxygens (including phenoxy) is 1. The fourth-order valence-corrected chi connectivity index (χ4v) is 0.559. The predicted molar refractivity (Wildman–Crippen MR) is 46.2 cm³/mol. The average molecular weight is 178 g/mol.